The lowest BCUT2D eigenvalue weighted by Gasteiger charge is -2.11. The van der Waals surface area contributed by atoms with Crippen molar-refractivity contribution in [1.29, 1.82) is 0 Å². The van der Waals surface area contributed by atoms with Crippen LogP contribution in [-0.4, -0.2) is 19.6 Å². The first kappa shape index (κ1) is 16.2. The second-order valence-electron chi connectivity index (χ2n) is 4.85. The fourth-order valence-corrected chi connectivity index (χ4v) is 3.19. The zero-order chi connectivity index (χ0) is 17.1. The van der Waals surface area contributed by atoms with Gasteiger partial charge in [-0.15, -0.1) is 11.3 Å². The average molecular weight is 349 g/mol. The van der Waals surface area contributed by atoms with Crippen molar-refractivity contribution in [2.75, 3.05) is 12.4 Å². The summed E-state index contributed by atoms with van der Waals surface area (Å²) in [7, 11) is 1.35. The fraction of sp³-hybridized carbons (Fsp3) is 0.118. The number of halogens is 2. The first-order chi connectivity index (χ1) is 11.6. The minimum Gasteiger partial charge on any atom is -0.493 e. The van der Waals surface area contributed by atoms with Gasteiger partial charge in [0.1, 0.15) is 0 Å². The molecule has 0 saturated carbocycles. The first-order valence-corrected chi connectivity index (χ1v) is 7.81. The molecule has 0 atom stereocenters. The number of benzene rings is 2. The number of amides is 1. The van der Waals surface area contributed by atoms with Crippen LogP contribution in [0.4, 0.5) is 14.5 Å². The molecule has 0 spiro atoms. The predicted molar refractivity (Wildman–Crippen MR) is 89.4 cm³/mol. The number of rotatable bonds is 5. The van der Waals surface area contributed by atoms with E-state index in [1.54, 1.807) is 12.1 Å². The highest BCUT2D eigenvalue weighted by Crippen LogP contribution is 2.32. The molecule has 1 aromatic heterocycles. The van der Waals surface area contributed by atoms with Crippen LogP contribution in [0.3, 0.4) is 0 Å². The number of methoxy groups -OCH3 is 1. The smallest absolute Gasteiger partial charge is 0.387 e. The van der Waals surface area contributed by atoms with Crippen LogP contribution in [0.1, 0.15) is 9.67 Å². The first-order valence-electron chi connectivity index (χ1n) is 6.99. The minimum atomic E-state index is -2.98. The van der Waals surface area contributed by atoms with Crippen molar-refractivity contribution in [1.82, 2.24) is 0 Å². The summed E-state index contributed by atoms with van der Waals surface area (Å²) in [5.74, 6) is -0.291. The van der Waals surface area contributed by atoms with E-state index < -0.39 is 6.61 Å². The molecule has 1 N–H and O–H groups in total. The molecule has 0 aliphatic rings. The summed E-state index contributed by atoms with van der Waals surface area (Å²) < 4.78 is 35.3. The second kappa shape index (κ2) is 6.84. The molecule has 0 fully saturated rings. The van der Waals surface area contributed by atoms with Crippen molar-refractivity contribution in [3.63, 3.8) is 0 Å². The summed E-state index contributed by atoms with van der Waals surface area (Å²) in [4.78, 5) is 12.9. The van der Waals surface area contributed by atoms with Gasteiger partial charge in [-0.1, -0.05) is 18.2 Å². The summed E-state index contributed by atoms with van der Waals surface area (Å²) in [5, 5.41) is 3.65. The van der Waals surface area contributed by atoms with E-state index in [1.807, 2.05) is 24.3 Å². The Morgan fingerprint density at radius 3 is 2.62 bits per heavy atom. The highest BCUT2D eigenvalue weighted by molar-refractivity contribution is 7.20. The van der Waals surface area contributed by atoms with Crippen LogP contribution < -0.4 is 14.8 Å². The summed E-state index contributed by atoms with van der Waals surface area (Å²) >= 11 is 1.36. The van der Waals surface area contributed by atoms with Crippen LogP contribution in [0.15, 0.2) is 48.5 Å². The van der Waals surface area contributed by atoms with E-state index in [2.05, 4.69) is 10.1 Å². The molecule has 7 heteroatoms. The Hall–Kier alpha value is -2.67. The third-order valence-electron chi connectivity index (χ3n) is 3.29. The van der Waals surface area contributed by atoms with Gasteiger partial charge in [-0.2, -0.15) is 8.78 Å². The van der Waals surface area contributed by atoms with Crippen LogP contribution in [0, 0.1) is 0 Å². The Labute approximate surface area is 140 Å². The van der Waals surface area contributed by atoms with Crippen LogP contribution in [-0.2, 0) is 0 Å². The Morgan fingerprint density at radius 2 is 1.92 bits per heavy atom. The van der Waals surface area contributed by atoms with Gasteiger partial charge in [-0.05, 0) is 29.7 Å². The van der Waals surface area contributed by atoms with E-state index in [4.69, 9.17) is 4.74 Å². The molecule has 0 radical (unpaired) electrons. The van der Waals surface area contributed by atoms with Gasteiger partial charge in [0.25, 0.3) is 5.91 Å². The van der Waals surface area contributed by atoms with E-state index in [-0.39, 0.29) is 17.4 Å². The summed E-state index contributed by atoms with van der Waals surface area (Å²) in [5.41, 5.74) is 0.342. The Bertz CT molecular complexity index is 846. The minimum absolute atomic E-state index is 0.137. The maximum atomic E-state index is 12.5. The maximum absolute atomic E-state index is 12.5. The van der Waals surface area contributed by atoms with E-state index in [1.165, 1.54) is 30.6 Å². The largest absolute Gasteiger partial charge is 0.493 e. The van der Waals surface area contributed by atoms with Gasteiger partial charge < -0.3 is 14.8 Å². The van der Waals surface area contributed by atoms with Crippen molar-refractivity contribution in [3.05, 3.63) is 53.4 Å². The monoisotopic (exact) mass is 349 g/mol. The molecule has 0 saturated heterocycles. The topological polar surface area (TPSA) is 47.6 Å². The molecule has 3 aromatic rings. The zero-order valence-corrected chi connectivity index (χ0v) is 13.4. The van der Waals surface area contributed by atoms with E-state index in [0.717, 1.165) is 10.1 Å². The summed E-state index contributed by atoms with van der Waals surface area (Å²) in [6.07, 6.45) is 0. The molecule has 4 nitrogen and oxygen atoms in total. The predicted octanol–water partition coefficient (Wildman–Crippen LogP) is 4.76. The highest BCUT2D eigenvalue weighted by Gasteiger charge is 2.14. The second-order valence-corrected chi connectivity index (χ2v) is 5.93. The Balaban J connectivity index is 1.83. The normalized spacial score (nSPS) is 10.8. The molecule has 0 unspecified atom stereocenters. The number of thiophene rings is 1. The number of ether oxygens (including phenoxy) is 2. The van der Waals surface area contributed by atoms with Crippen molar-refractivity contribution >= 4 is 33.0 Å². The van der Waals surface area contributed by atoms with E-state index >= 15 is 0 Å². The van der Waals surface area contributed by atoms with Crippen LogP contribution in [0.5, 0.6) is 11.5 Å². The Kier molecular flexibility index (Phi) is 4.61. The van der Waals surface area contributed by atoms with Crippen molar-refractivity contribution < 1.29 is 23.0 Å². The van der Waals surface area contributed by atoms with E-state index in [9.17, 15) is 13.6 Å². The highest BCUT2D eigenvalue weighted by atomic mass is 32.1. The summed E-state index contributed by atoms with van der Waals surface area (Å²) in [6.45, 7) is -2.98. The lowest BCUT2D eigenvalue weighted by molar-refractivity contribution is -0.0511. The van der Waals surface area contributed by atoms with Crippen molar-refractivity contribution in [2.45, 2.75) is 6.61 Å². The molecule has 0 bridgehead atoms. The zero-order valence-electron chi connectivity index (χ0n) is 12.6. The number of anilines is 1. The number of alkyl halides is 2. The van der Waals surface area contributed by atoms with Gasteiger partial charge in [-0.3, -0.25) is 4.79 Å². The SMILES string of the molecule is COc1ccc(NC(=O)c2cc3ccccc3s2)cc1OC(F)F. The number of carbonyl (C=O) groups excluding carboxylic acids is 1. The lowest BCUT2D eigenvalue weighted by Crippen LogP contribution is -2.11. The van der Waals surface area contributed by atoms with Crippen LogP contribution in [0.25, 0.3) is 10.1 Å². The molecule has 0 aliphatic heterocycles. The molecular formula is C17H13F2NO3S. The standard InChI is InChI=1S/C17H13F2NO3S/c1-22-12-7-6-11(9-13(12)23-17(18)19)20-16(21)15-8-10-4-2-3-5-14(10)24-15/h2-9,17H,1H3,(H,20,21). The third-order valence-corrected chi connectivity index (χ3v) is 4.40. The fourth-order valence-electron chi connectivity index (χ4n) is 2.23. The lowest BCUT2D eigenvalue weighted by atomic mass is 10.2. The molecular weight excluding hydrogens is 336 g/mol. The molecule has 24 heavy (non-hydrogen) atoms. The number of nitrogens with one attached hydrogen (secondary N) is 1. The van der Waals surface area contributed by atoms with Crippen molar-refractivity contribution in [2.24, 2.45) is 0 Å². The number of hydrogen-bond acceptors (Lipinski definition) is 4. The molecule has 2 aromatic carbocycles. The van der Waals surface area contributed by atoms with Crippen molar-refractivity contribution in [3.8, 4) is 11.5 Å². The van der Waals surface area contributed by atoms with Gasteiger partial charge in [0.2, 0.25) is 0 Å². The molecule has 1 amide bonds. The van der Waals surface area contributed by atoms with Crippen LogP contribution >= 0.6 is 11.3 Å². The quantitative estimate of drug-likeness (QED) is 0.722. The number of carbonyl (C=O) groups is 1. The van der Waals surface area contributed by atoms with Crippen LogP contribution in [0.2, 0.25) is 0 Å². The summed E-state index contributed by atoms with van der Waals surface area (Å²) in [6, 6.07) is 13.8. The van der Waals surface area contributed by atoms with Gasteiger partial charge in [0.05, 0.1) is 12.0 Å². The average Bonchev–Trinajstić information content (AvgIpc) is 2.99. The molecule has 3 rings (SSSR count). The van der Waals surface area contributed by atoms with Gasteiger partial charge >= 0.3 is 6.61 Å². The molecule has 1 heterocycles. The maximum Gasteiger partial charge on any atom is 0.387 e. The number of hydrogen-bond donors (Lipinski definition) is 1. The number of fused-ring (bicyclic) bond motifs is 1. The molecule has 0 aliphatic carbocycles. The Morgan fingerprint density at radius 1 is 1.12 bits per heavy atom. The third kappa shape index (κ3) is 3.46. The molecule has 124 valence electrons. The van der Waals surface area contributed by atoms with Gasteiger partial charge in [-0.25, -0.2) is 0 Å². The van der Waals surface area contributed by atoms with E-state index in [0.29, 0.717) is 10.6 Å². The van der Waals surface area contributed by atoms with Gasteiger partial charge in [0, 0.05) is 16.5 Å². The van der Waals surface area contributed by atoms with Gasteiger partial charge in [0.15, 0.2) is 11.5 Å².